The van der Waals surface area contributed by atoms with Crippen molar-refractivity contribution >= 4 is 0 Å². The SMILES string of the molecule is CC1CN(CC(N)(C#N)C2CC2)CC(C)(C)O1. The Balaban J connectivity index is 2.00. The lowest BCUT2D eigenvalue weighted by Gasteiger charge is -2.43. The molecule has 2 fully saturated rings. The molecular weight excluding hydrogens is 214 g/mol. The standard InChI is InChI=1S/C13H23N3O/c1-10-6-16(8-12(2,3)17-10)9-13(15,7-14)11-4-5-11/h10-11H,4-6,8-9,15H2,1-3H3. The van der Waals surface area contributed by atoms with Crippen molar-refractivity contribution < 1.29 is 4.74 Å². The molecule has 2 unspecified atom stereocenters. The molecule has 1 saturated heterocycles. The summed E-state index contributed by atoms with van der Waals surface area (Å²) >= 11 is 0. The molecule has 1 saturated carbocycles. The molecule has 1 aliphatic carbocycles. The van der Waals surface area contributed by atoms with Crippen LogP contribution < -0.4 is 5.73 Å². The van der Waals surface area contributed by atoms with Crippen LogP contribution in [0.5, 0.6) is 0 Å². The molecule has 4 heteroatoms. The van der Waals surface area contributed by atoms with E-state index in [2.05, 4.69) is 31.7 Å². The van der Waals surface area contributed by atoms with Gasteiger partial charge in [0.05, 0.1) is 17.8 Å². The van der Waals surface area contributed by atoms with Gasteiger partial charge in [0.1, 0.15) is 5.54 Å². The van der Waals surface area contributed by atoms with Crippen molar-refractivity contribution in [2.45, 2.75) is 50.9 Å². The smallest absolute Gasteiger partial charge is 0.119 e. The predicted octanol–water partition coefficient (Wildman–Crippen LogP) is 1.12. The molecular formula is C13H23N3O. The lowest BCUT2D eigenvalue weighted by atomic mass is 9.94. The highest BCUT2D eigenvalue weighted by atomic mass is 16.5. The molecule has 0 amide bonds. The zero-order valence-corrected chi connectivity index (χ0v) is 11.1. The molecule has 2 N–H and O–H groups in total. The van der Waals surface area contributed by atoms with Gasteiger partial charge in [-0.3, -0.25) is 4.90 Å². The summed E-state index contributed by atoms with van der Waals surface area (Å²) in [5.74, 6) is 0.397. The molecule has 1 aliphatic heterocycles. The lowest BCUT2D eigenvalue weighted by Crippen LogP contribution is -2.58. The highest BCUT2D eigenvalue weighted by molar-refractivity contribution is 5.15. The van der Waals surface area contributed by atoms with E-state index < -0.39 is 5.54 Å². The van der Waals surface area contributed by atoms with Crippen LogP contribution in [0.4, 0.5) is 0 Å². The van der Waals surface area contributed by atoms with Crippen molar-refractivity contribution in [2.24, 2.45) is 11.7 Å². The van der Waals surface area contributed by atoms with Crippen molar-refractivity contribution in [3.8, 4) is 6.07 Å². The Morgan fingerprint density at radius 2 is 2.18 bits per heavy atom. The van der Waals surface area contributed by atoms with Gasteiger partial charge in [0.25, 0.3) is 0 Å². The summed E-state index contributed by atoms with van der Waals surface area (Å²) in [6, 6.07) is 2.33. The average molecular weight is 237 g/mol. The maximum Gasteiger partial charge on any atom is 0.119 e. The number of nitriles is 1. The predicted molar refractivity (Wildman–Crippen MR) is 66.3 cm³/mol. The number of nitrogens with two attached hydrogens (primary N) is 1. The largest absolute Gasteiger partial charge is 0.370 e. The first kappa shape index (κ1) is 12.8. The lowest BCUT2D eigenvalue weighted by molar-refractivity contribution is -0.131. The fraction of sp³-hybridized carbons (Fsp3) is 0.923. The number of rotatable bonds is 3. The Kier molecular flexibility index (Phi) is 3.19. The second-order valence-corrected chi connectivity index (χ2v) is 6.28. The first-order valence-electron chi connectivity index (χ1n) is 6.45. The zero-order valence-electron chi connectivity index (χ0n) is 11.1. The maximum atomic E-state index is 9.29. The monoisotopic (exact) mass is 237 g/mol. The van der Waals surface area contributed by atoms with Crippen LogP contribution in [0, 0.1) is 17.2 Å². The van der Waals surface area contributed by atoms with Crippen LogP contribution in [0.15, 0.2) is 0 Å². The number of hydrogen-bond acceptors (Lipinski definition) is 4. The Morgan fingerprint density at radius 3 is 2.65 bits per heavy atom. The molecule has 0 aromatic heterocycles. The van der Waals surface area contributed by atoms with E-state index >= 15 is 0 Å². The van der Waals surface area contributed by atoms with E-state index in [0.29, 0.717) is 12.5 Å². The molecule has 0 spiro atoms. The molecule has 0 aromatic carbocycles. The van der Waals surface area contributed by atoms with Crippen LogP contribution >= 0.6 is 0 Å². The van der Waals surface area contributed by atoms with Gasteiger partial charge in [-0.1, -0.05) is 0 Å². The third kappa shape index (κ3) is 2.98. The normalized spacial score (nSPS) is 32.8. The van der Waals surface area contributed by atoms with Crippen molar-refractivity contribution in [3.63, 3.8) is 0 Å². The molecule has 96 valence electrons. The van der Waals surface area contributed by atoms with Crippen molar-refractivity contribution in [1.29, 1.82) is 5.26 Å². The van der Waals surface area contributed by atoms with E-state index in [9.17, 15) is 5.26 Å². The van der Waals surface area contributed by atoms with Gasteiger partial charge in [0.15, 0.2) is 0 Å². The van der Waals surface area contributed by atoms with Gasteiger partial charge < -0.3 is 10.5 Å². The molecule has 0 radical (unpaired) electrons. The number of nitrogens with zero attached hydrogens (tertiary/aromatic N) is 2. The zero-order chi connectivity index (χ0) is 12.7. The Hall–Kier alpha value is -0.630. The fourth-order valence-corrected chi connectivity index (χ4v) is 2.93. The van der Waals surface area contributed by atoms with Gasteiger partial charge in [-0.15, -0.1) is 0 Å². The summed E-state index contributed by atoms with van der Waals surface area (Å²) in [5.41, 5.74) is 5.42. The van der Waals surface area contributed by atoms with Crippen LogP contribution in [0.3, 0.4) is 0 Å². The summed E-state index contributed by atoms with van der Waals surface area (Å²) in [4.78, 5) is 2.29. The Bertz CT molecular complexity index is 332. The van der Waals surface area contributed by atoms with Crippen LogP contribution in [-0.4, -0.2) is 41.8 Å². The second kappa shape index (κ2) is 4.24. The van der Waals surface area contributed by atoms with Gasteiger partial charge in [0.2, 0.25) is 0 Å². The van der Waals surface area contributed by atoms with Gasteiger partial charge in [-0.25, -0.2) is 0 Å². The van der Waals surface area contributed by atoms with Crippen LogP contribution in [0.2, 0.25) is 0 Å². The van der Waals surface area contributed by atoms with Crippen molar-refractivity contribution in [2.75, 3.05) is 19.6 Å². The quantitative estimate of drug-likeness (QED) is 0.799. The van der Waals surface area contributed by atoms with Gasteiger partial charge in [-0.2, -0.15) is 5.26 Å². The molecule has 2 rings (SSSR count). The van der Waals surface area contributed by atoms with Gasteiger partial charge in [-0.05, 0) is 39.5 Å². The van der Waals surface area contributed by atoms with E-state index in [1.165, 1.54) is 0 Å². The summed E-state index contributed by atoms with van der Waals surface area (Å²) in [6.45, 7) is 8.66. The third-order valence-corrected chi connectivity index (χ3v) is 3.64. The second-order valence-electron chi connectivity index (χ2n) is 6.28. The highest BCUT2D eigenvalue weighted by Gasteiger charge is 2.45. The fourth-order valence-electron chi connectivity index (χ4n) is 2.93. The molecule has 2 aliphatic rings. The van der Waals surface area contributed by atoms with Crippen molar-refractivity contribution in [3.05, 3.63) is 0 Å². The van der Waals surface area contributed by atoms with Gasteiger partial charge >= 0.3 is 0 Å². The van der Waals surface area contributed by atoms with E-state index in [4.69, 9.17) is 10.5 Å². The summed E-state index contributed by atoms with van der Waals surface area (Å²) < 4.78 is 5.86. The molecule has 17 heavy (non-hydrogen) atoms. The first-order chi connectivity index (χ1) is 7.85. The minimum absolute atomic E-state index is 0.141. The maximum absolute atomic E-state index is 9.29. The topological polar surface area (TPSA) is 62.3 Å². The number of hydrogen-bond donors (Lipinski definition) is 1. The third-order valence-electron chi connectivity index (χ3n) is 3.64. The van der Waals surface area contributed by atoms with Crippen LogP contribution in [0.1, 0.15) is 33.6 Å². The Labute approximate surface area is 104 Å². The van der Waals surface area contributed by atoms with Crippen LogP contribution in [0.25, 0.3) is 0 Å². The average Bonchev–Trinajstić information content (AvgIpc) is 2.96. The molecule has 4 nitrogen and oxygen atoms in total. The van der Waals surface area contributed by atoms with Crippen LogP contribution in [-0.2, 0) is 4.74 Å². The number of morpholine rings is 1. The van der Waals surface area contributed by atoms with E-state index in [1.54, 1.807) is 0 Å². The molecule has 1 heterocycles. The molecule has 0 bridgehead atoms. The minimum Gasteiger partial charge on any atom is -0.370 e. The summed E-state index contributed by atoms with van der Waals surface area (Å²) in [6.07, 6.45) is 2.42. The van der Waals surface area contributed by atoms with Crippen molar-refractivity contribution in [1.82, 2.24) is 4.90 Å². The van der Waals surface area contributed by atoms with E-state index in [1.807, 2.05) is 0 Å². The molecule has 0 aromatic rings. The number of ether oxygens (including phenoxy) is 1. The van der Waals surface area contributed by atoms with E-state index in [-0.39, 0.29) is 11.7 Å². The Morgan fingerprint density at radius 1 is 1.53 bits per heavy atom. The summed E-state index contributed by atoms with van der Waals surface area (Å²) in [5, 5.41) is 9.29. The first-order valence-corrected chi connectivity index (χ1v) is 6.45. The molecule has 2 atom stereocenters. The minimum atomic E-state index is -0.660. The van der Waals surface area contributed by atoms with Gasteiger partial charge in [0, 0.05) is 19.6 Å². The van der Waals surface area contributed by atoms with E-state index in [0.717, 1.165) is 25.9 Å². The highest BCUT2D eigenvalue weighted by Crippen LogP contribution is 2.39. The summed E-state index contributed by atoms with van der Waals surface area (Å²) in [7, 11) is 0.